The highest BCUT2D eigenvalue weighted by atomic mass is 16.5. The predicted molar refractivity (Wildman–Crippen MR) is 85.1 cm³/mol. The molecule has 0 aliphatic rings. The van der Waals surface area contributed by atoms with Gasteiger partial charge in [0.15, 0.2) is 0 Å². The Kier molecular flexibility index (Phi) is 5.47. The lowest BCUT2D eigenvalue weighted by Crippen LogP contribution is -2.37. The number of methoxy groups -OCH3 is 1. The molecule has 0 aliphatic heterocycles. The summed E-state index contributed by atoms with van der Waals surface area (Å²) in [5, 5.41) is 5.69. The molecule has 118 valence electrons. The van der Waals surface area contributed by atoms with Gasteiger partial charge < -0.3 is 19.8 Å². The molecule has 0 saturated carbocycles. The first-order valence-electron chi connectivity index (χ1n) is 7.32. The Labute approximate surface area is 130 Å². The number of urea groups is 1. The fourth-order valence-corrected chi connectivity index (χ4v) is 2.23. The van der Waals surface area contributed by atoms with Crippen LogP contribution in [0.15, 0.2) is 40.8 Å². The van der Waals surface area contributed by atoms with Crippen molar-refractivity contribution < 1.29 is 13.9 Å². The maximum Gasteiger partial charge on any atom is 0.315 e. The predicted octanol–water partition coefficient (Wildman–Crippen LogP) is 3.20. The fourth-order valence-electron chi connectivity index (χ4n) is 2.23. The van der Waals surface area contributed by atoms with Gasteiger partial charge in [0.1, 0.15) is 17.3 Å². The molecule has 22 heavy (non-hydrogen) atoms. The second kappa shape index (κ2) is 7.54. The molecule has 2 rings (SSSR count). The lowest BCUT2D eigenvalue weighted by atomic mass is 10.1. The minimum absolute atomic E-state index is 0.167. The molecule has 1 unspecified atom stereocenters. The maximum absolute atomic E-state index is 11.9. The standard InChI is InChI=1S/C17H22N2O3/c1-12-8-9-15(22-12)13(2)19-17(20)18-11-10-14-6-4-5-7-16(14)21-3/h4-9,13H,10-11H2,1-3H3,(H2,18,19,20). The zero-order valence-electron chi connectivity index (χ0n) is 13.2. The second-order valence-electron chi connectivity index (χ2n) is 5.13. The molecule has 0 fully saturated rings. The zero-order chi connectivity index (χ0) is 15.9. The monoisotopic (exact) mass is 302 g/mol. The fraction of sp³-hybridized carbons (Fsp3) is 0.353. The van der Waals surface area contributed by atoms with Crippen LogP contribution in [0.1, 0.15) is 30.0 Å². The average molecular weight is 302 g/mol. The summed E-state index contributed by atoms with van der Waals surface area (Å²) < 4.78 is 10.8. The van der Waals surface area contributed by atoms with Crippen molar-refractivity contribution in [3.63, 3.8) is 0 Å². The number of amides is 2. The Balaban J connectivity index is 1.78. The first-order chi connectivity index (χ1) is 10.6. The van der Waals surface area contributed by atoms with E-state index in [1.54, 1.807) is 7.11 Å². The van der Waals surface area contributed by atoms with Crippen molar-refractivity contribution >= 4 is 6.03 Å². The van der Waals surface area contributed by atoms with Gasteiger partial charge in [-0.2, -0.15) is 0 Å². The quantitative estimate of drug-likeness (QED) is 0.861. The molecule has 5 heteroatoms. The van der Waals surface area contributed by atoms with Crippen LogP contribution in [0.3, 0.4) is 0 Å². The average Bonchev–Trinajstić information content (AvgIpc) is 2.94. The maximum atomic E-state index is 11.9. The minimum Gasteiger partial charge on any atom is -0.496 e. The van der Waals surface area contributed by atoms with Crippen LogP contribution in [-0.2, 0) is 6.42 Å². The summed E-state index contributed by atoms with van der Waals surface area (Å²) in [4.78, 5) is 11.9. The molecule has 0 spiro atoms. The summed E-state index contributed by atoms with van der Waals surface area (Å²) in [7, 11) is 1.64. The van der Waals surface area contributed by atoms with E-state index < -0.39 is 0 Å². The summed E-state index contributed by atoms with van der Waals surface area (Å²) in [5.74, 6) is 2.42. The number of hydrogen-bond donors (Lipinski definition) is 2. The summed E-state index contributed by atoms with van der Waals surface area (Å²) >= 11 is 0. The van der Waals surface area contributed by atoms with Gasteiger partial charge in [0.2, 0.25) is 0 Å². The summed E-state index contributed by atoms with van der Waals surface area (Å²) in [5.41, 5.74) is 1.07. The van der Waals surface area contributed by atoms with Gasteiger partial charge in [0.05, 0.1) is 13.2 Å². The Morgan fingerprint density at radius 3 is 2.73 bits per heavy atom. The number of furan rings is 1. The number of aryl methyl sites for hydroxylation is 1. The third-order valence-corrected chi connectivity index (χ3v) is 3.41. The molecular weight excluding hydrogens is 280 g/mol. The van der Waals surface area contributed by atoms with Crippen molar-refractivity contribution in [3.8, 4) is 5.75 Å². The number of hydrogen-bond acceptors (Lipinski definition) is 3. The first kappa shape index (κ1) is 15.9. The normalized spacial score (nSPS) is 11.8. The topological polar surface area (TPSA) is 63.5 Å². The van der Waals surface area contributed by atoms with Crippen LogP contribution in [0, 0.1) is 6.92 Å². The highest BCUT2D eigenvalue weighted by Crippen LogP contribution is 2.17. The first-order valence-corrected chi connectivity index (χ1v) is 7.32. The van der Waals surface area contributed by atoms with Crippen LogP contribution >= 0.6 is 0 Å². The SMILES string of the molecule is COc1ccccc1CCNC(=O)NC(C)c1ccc(C)o1. The summed E-state index contributed by atoms with van der Waals surface area (Å²) in [6, 6.07) is 11.2. The van der Waals surface area contributed by atoms with E-state index >= 15 is 0 Å². The van der Waals surface area contributed by atoms with Gasteiger partial charge >= 0.3 is 6.03 Å². The Morgan fingerprint density at radius 2 is 2.05 bits per heavy atom. The molecule has 2 N–H and O–H groups in total. The Morgan fingerprint density at radius 1 is 1.27 bits per heavy atom. The molecule has 0 aliphatic carbocycles. The number of carbonyl (C=O) groups excluding carboxylic acids is 1. The highest BCUT2D eigenvalue weighted by molar-refractivity contribution is 5.74. The summed E-state index contributed by atoms with van der Waals surface area (Å²) in [6.07, 6.45) is 0.714. The molecule has 1 atom stereocenters. The van der Waals surface area contributed by atoms with E-state index in [2.05, 4.69) is 10.6 Å². The molecule has 0 saturated heterocycles. The molecule has 2 aromatic rings. The van der Waals surface area contributed by atoms with Crippen molar-refractivity contribution in [1.29, 1.82) is 0 Å². The number of para-hydroxylation sites is 1. The molecule has 0 radical (unpaired) electrons. The number of nitrogens with one attached hydrogen (secondary N) is 2. The lowest BCUT2D eigenvalue weighted by molar-refractivity contribution is 0.236. The third kappa shape index (κ3) is 4.28. The molecule has 1 heterocycles. The van der Waals surface area contributed by atoms with Crippen LogP contribution in [-0.4, -0.2) is 19.7 Å². The van der Waals surface area contributed by atoms with Crippen LogP contribution < -0.4 is 15.4 Å². The number of carbonyl (C=O) groups is 1. The van der Waals surface area contributed by atoms with Crippen LogP contribution in [0.5, 0.6) is 5.75 Å². The van der Waals surface area contributed by atoms with Gasteiger partial charge in [-0.15, -0.1) is 0 Å². The van der Waals surface area contributed by atoms with E-state index in [4.69, 9.17) is 9.15 Å². The van der Waals surface area contributed by atoms with Gasteiger partial charge in [0.25, 0.3) is 0 Å². The van der Waals surface area contributed by atoms with Crippen molar-refractivity contribution in [1.82, 2.24) is 10.6 Å². The van der Waals surface area contributed by atoms with Crippen molar-refractivity contribution in [3.05, 3.63) is 53.5 Å². The third-order valence-electron chi connectivity index (χ3n) is 3.41. The van der Waals surface area contributed by atoms with Crippen LogP contribution in [0.2, 0.25) is 0 Å². The second-order valence-corrected chi connectivity index (χ2v) is 5.13. The molecule has 5 nitrogen and oxygen atoms in total. The minimum atomic E-state index is -0.212. The van der Waals surface area contributed by atoms with Crippen LogP contribution in [0.25, 0.3) is 0 Å². The van der Waals surface area contributed by atoms with E-state index in [-0.39, 0.29) is 12.1 Å². The van der Waals surface area contributed by atoms with Gasteiger partial charge in [-0.25, -0.2) is 4.79 Å². The molecule has 1 aromatic heterocycles. The van der Waals surface area contributed by atoms with E-state index in [1.165, 1.54) is 0 Å². The van der Waals surface area contributed by atoms with Gasteiger partial charge in [-0.1, -0.05) is 18.2 Å². The van der Waals surface area contributed by atoms with E-state index in [0.717, 1.165) is 22.8 Å². The van der Waals surface area contributed by atoms with Crippen molar-refractivity contribution in [2.24, 2.45) is 0 Å². The molecule has 0 bridgehead atoms. The van der Waals surface area contributed by atoms with Gasteiger partial charge in [0, 0.05) is 6.54 Å². The van der Waals surface area contributed by atoms with Crippen molar-refractivity contribution in [2.75, 3.05) is 13.7 Å². The lowest BCUT2D eigenvalue weighted by Gasteiger charge is -2.13. The van der Waals surface area contributed by atoms with E-state index in [0.29, 0.717) is 13.0 Å². The molecule has 1 aromatic carbocycles. The summed E-state index contributed by atoms with van der Waals surface area (Å²) in [6.45, 7) is 4.30. The van der Waals surface area contributed by atoms with Gasteiger partial charge in [-0.3, -0.25) is 0 Å². The van der Waals surface area contributed by atoms with E-state index in [1.807, 2.05) is 50.2 Å². The largest absolute Gasteiger partial charge is 0.496 e. The molecular formula is C17H22N2O3. The Bertz CT molecular complexity index is 622. The number of ether oxygens (including phenoxy) is 1. The molecule has 2 amide bonds. The number of rotatable bonds is 6. The highest BCUT2D eigenvalue weighted by Gasteiger charge is 2.12. The zero-order valence-corrected chi connectivity index (χ0v) is 13.2. The number of benzene rings is 1. The van der Waals surface area contributed by atoms with E-state index in [9.17, 15) is 4.79 Å². The van der Waals surface area contributed by atoms with Gasteiger partial charge in [-0.05, 0) is 44.0 Å². The smallest absolute Gasteiger partial charge is 0.315 e. The van der Waals surface area contributed by atoms with Crippen LogP contribution in [0.4, 0.5) is 4.79 Å². The Hall–Kier alpha value is -2.43. The van der Waals surface area contributed by atoms with Crippen molar-refractivity contribution in [2.45, 2.75) is 26.3 Å².